The first kappa shape index (κ1) is 14.0. The van der Waals surface area contributed by atoms with Crippen LogP contribution in [-0.4, -0.2) is 29.1 Å². The van der Waals surface area contributed by atoms with Crippen molar-refractivity contribution in [1.82, 2.24) is 4.90 Å². The summed E-state index contributed by atoms with van der Waals surface area (Å²) < 4.78 is 1.03. The molecule has 3 nitrogen and oxygen atoms in total. The first-order valence-corrected chi connectivity index (χ1v) is 6.58. The van der Waals surface area contributed by atoms with Crippen LogP contribution in [0.3, 0.4) is 0 Å². The predicted molar refractivity (Wildman–Crippen MR) is 79.2 cm³/mol. The predicted octanol–water partition coefficient (Wildman–Crippen LogP) is 3.88. The van der Waals surface area contributed by atoms with Crippen LogP contribution in [0.2, 0.25) is 0 Å². The molecule has 0 spiro atoms. The maximum Gasteiger partial charge on any atom is 0.235 e. The summed E-state index contributed by atoms with van der Waals surface area (Å²) in [5, 5.41) is 2.38. The summed E-state index contributed by atoms with van der Waals surface area (Å²) in [6, 6.07) is 7.73. The average molecular weight is 312 g/mol. The van der Waals surface area contributed by atoms with Crippen LogP contribution in [-0.2, 0) is 0 Å². The molecule has 0 radical (unpaired) electrons. The fraction of sp³-hybridized carbons (Fsp3) is 0.333. The van der Waals surface area contributed by atoms with Crippen molar-refractivity contribution in [2.45, 2.75) is 13.8 Å². The zero-order valence-corrected chi connectivity index (χ0v) is 12.3. The third-order valence-corrected chi connectivity index (χ3v) is 2.87. The van der Waals surface area contributed by atoms with Gasteiger partial charge in [0.05, 0.1) is 10.8 Å². The van der Waals surface area contributed by atoms with E-state index in [-0.39, 0.29) is 0 Å². The summed E-state index contributed by atoms with van der Waals surface area (Å²) in [5.41, 5.74) is 0.851. The molecule has 1 aromatic carbocycles. The standard InChI is InChI=1S/C12H14BrN3S/c1-3-16(4-2)12(14-9-17)15-11-7-5-10(13)6-8-11/h5-8H,3-4H2,1-2H3. The first-order valence-electron chi connectivity index (χ1n) is 5.38. The van der Waals surface area contributed by atoms with Gasteiger partial charge in [0, 0.05) is 17.6 Å². The van der Waals surface area contributed by atoms with Crippen molar-refractivity contribution in [3.8, 4) is 0 Å². The third-order valence-electron chi connectivity index (χ3n) is 2.25. The average Bonchev–Trinajstić information content (AvgIpc) is 2.34. The molecule has 0 aliphatic heterocycles. The van der Waals surface area contributed by atoms with Crippen LogP contribution in [0, 0.1) is 0 Å². The summed E-state index contributed by atoms with van der Waals surface area (Å²) in [6.45, 7) is 5.79. The van der Waals surface area contributed by atoms with E-state index < -0.39 is 0 Å². The lowest BCUT2D eigenvalue weighted by Gasteiger charge is -2.18. The maximum absolute atomic E-state index is 4.65. The van der Waals surface area contributed by atoms with Crippen molar-refractivity contribution in [3.05, 3.63) is 28.7 Å². The van der Waals surface area contributed by atoms with Crippen molar-refractivity contribution in [3.63, 3.8) is 0 Å². The van der Waals surface area contributed by atoms with Crippen LogP contribution in [0.4, 0.5) is 5.69 Å². The highest BCUT2D eigenvalue weighted by Gasteiger charge is 2.05. The Morgan fingerprint density at radius 2 is 1.88 bits per heavy atom. The van der Waals surface area contributed by atoms with Gasteiger partial charge < -0.3 is 4.90 Å². The SMILES string of the molecule is CCN(CC)C(N=C=S)=Nc1ccc(Br)cc1. The largest absolute Gasteiger partial charge is 0.341 e. The molecule has 0 aliphatic carbocycles. The highest BCUT2D eigenvalue weighted by molar-refractivity contribution is 9.10. The number of isothiocyanates is 1. The van der Waals surface area contributed by atoms with E-state index in [1.165, 1.54) is 0 Å². The number of thiocarbonyl (C=S) groups is 1. The van der Waals surface area contributed by atoms with Crippen molar-refractivity contribution in [2.24, 2.45) is 9.98 Å². The molecule has 0 saturated heterocycles. The number of nitrogens with zero attached hydrogens (tertiary/aromatic N) is 3. The monoisotopic (exact) mass is 311 g/mol. The Kier molecular flexibility index (Phi) is 6.05. The lowest BCUT2D eigenvalue weighted by Crippen LogP contribution is -2.28. The number of halogens is 1. The van der Waals surface area contributed by atoms with E-state index in [4.69, 9.17) is 0 Å². The molecular formula is C12H14BrN3S. The number of aliphatic imine (C=N–C) groups is 2. The van der Waals surface area contributed by atoms with E-state index in [9.17, 15) is 0 Å². The van der Waals surface area contributed by atoms with Gasteiger partial charge in [0.2, 0.25) is 5.96 Å². The van der Waals surface area contributed by atoms with Crippen LogP contribution < -0.4 is 0 Å². The maximum atomic E-state index is 4.65. The fourth-order valence-electron chi connectivity index (χ4n) is 1.34. The first-order chi connectivity index (χ1) is 8.21. The molecule has 0 saturated carbocycles. The Bertz CT molecular complexity index is 432. The van der Waals surface area contributed by atoms with Crippen molar-refractivity contribution >= 4 is 45.0 Å². The highest BCUT2D eigenvalue weighted by Crippen LogP contribution is 2.17. The molecule has 0 unspecified atom stereocenters. The third kappa shape index (κ3) is 4.38. The van der Waals surface area contributed by atoms with E-state index >= 15 is 0 Å². The topological polar surface area (TPSA) is 28.0 Å². The molecule has 5 heteroatoms. The molecule has 1 aromatic rings. The van der Waals surface area contributed by atoms with E-state index in [1.807, 2.05) is 29.2 Å². The summed E-state index contributed by atoms with van der Waals surface area (Å²) in [5.74, 6) is 0.604. The molecule has 0 atom stereocenters. The molecule has 0 aromatic heterocycles. The number of hydrogen-bond donors (Lipinski definition) is 0. The van der Waals surface area contributed by atoms with Gasteiger partial charge in [0.15, 0.2) is 0 Å². The van der Waals surface area contributed by atoms with Gasteiger partial charge >= 0.3 is 0 Å². The second kappa shape index (κ2) is 7.33. The molecular weight excluding hydrogens is 298 g/mol. The van der Waals surface area contributed by atoms with Gasteiger partial charge in [-0.3, -0.25) is 0 Å². The number of benzene rings is 1. The molecule has 1 rings (SSSR count). The lowest BCUT2D eigenvalue weighted by molar-refractivity contribution is 0.461. The molecule has 0 heterocycles. The molecule has 90 valence electrons. The van der Waals surface area contributed by atoms with Crippen molar-refractivity contribution in [2.75, 3.05) is 13.1 Å². The summed E-state index contributed by atoms with van der Waals surface area (Å²) >= 11 is 8.04. The molecule has 0 amide bonds. The second-order valence-corrected chi connectivity index (χ2v) is 4.36. The Labute approximate surface area is 115 Å². The normalized spacial score (nSPS) is 10.9. The number of rotatable bonds is 3. The van der Waals surface area contributed by atoms with Gasteiger partial charge in [-0.2, -0.15) is 4.99 Å². The van der Waals surface area contributed by atoms with Gasteiger partial charge in [0.1, 0.15) is 0 Å². The van der Waals surface area contributed by atoms with Gasteiger partial charge in [-0.25, -0.2) is 4.99 Å². The van der Waals surface area contributed by atoms with Gasteiger partial charge in [-0.05, 0) is 50.3 Å². The molecule has 0 aliphatic rings. The molecule has 0 bridgehead atoms. The number of guanidine groups is 1. The fourth-order valence-corrected chi connectivity index (χ4v) is 1.69. The van der Waals surface area contributed by atoms with Crippen LogP contribution in [0.15, 0.2) is 38.7 Å². The molecule has 17 heavy (non-hydrogen) atoms. The van der Waals surface area contributed by atoms with Crippen LogP contribution in [0.1, 0.15) is 13.8 Å². The van der Waals surface area contributed by atoms with Gasteiger partial charge in [0.25, 0.3) is 0 Å². The lowest BCUT2D eigenvalue weighted by atomic mass is 10.3. The zero-order valence-electron chi connectivity index (χ0n) is 9.85. The Morgan fingerprint density at radius 3 is 2.35 bits per heavy atom. The summed E-state index contributed by atoms with van der Waals surface area (Å²) in [6.07, 6.45) is 0. The van der Waals surface area contributed by atoms with Crippen LogP contribution in [0.5, 0.6) is 0 Å². The van der Waals surface area contributed by atoms with Crippen molar-refractivity contribution < 1.29 is 0 Å². The van der Waals surface area contributed by atoms with E-state index in [2.05, 4.69) is 57.1 Å². The summed E-state index contributed by atoms with van der Waals surface area (Å²) in [7, 11) is 0. The van der Waals surface area contributed by atoms with E-state index in [1.54, 1.807) is 0 Å². The quantitative estimate of drug-likeness (QED) is 0.481. The second-order valence-electron chi connectivity index (χ2n) is 3.26. The Hall–Kier alpha value is -1.03. The smallest absolute Gasteiger partial charge is 0.235 e. The van der Waals surface area contributed by atoms with Crippen LogP contribution in [0.25, 0.3) is 0 Å². The molecule has 0 fully saturated rings. The molecule has 0 N–H and O–H groups in total. The van der Waals surface area contributed by atoms with Gasteiger partial charge in [-0.1, -0.05) is 15.9 Å². The minimum absolute atomic E-state index is 0.604. The van der Waals surface area contributed by atoms with E-state index in [0.29, 0.717) is 5.96 Å². The Balaban J connectivity index is 3.04. The highest BCUT2D eigenvalue weighted by atomic mass is 79.9. The zero-order chi connectivity index (χ0) is 12.7. The van der Waals surface area contributed by atoms with Crippen molar-refractivity contribution in [1.29, 1.82) is 0 Å². The Morgan fingerprint density at radius 1 is 1.29 bits per heavy atom. The van der Waals surface area contributed by atoms with Crippen LogP contribution >= 0.6 is 28.1 Å². The minimum atomic E-state index is 0.604. The summed E-state index contributed by atoms with van der Waals surface area (Å²) in [4.78, 5) is 10.5. The van der Waals surface area contributed by atoms with E-state index in [0.717, 1.165) is 23.2 Å². The minimum Gasteiger partial charge on any atom is -0.341 e. The number of hydrogen-bond acceptors (Lipinski definition) is 2. The van der Waals surface area contributed by atoms with Gasteiger partial charge in [-0.15, -0.1) is 0 Å².